The van der Waals surface area contributed by atoms with E-state index in [1.807, 2.05) is 31.2 Å². The molecule has 2 N–H and O–H groups in total. The number of aromatic nitrogens is 4. The van der Waals surface area contributed by atoms with Crippen molar-refractivity contribution in [2.75, 3.05) is 24.9 Å². The summed E-state index contributed by atoms with van der Waals surface area (Å²) in [5.41, 5.74) is 3.25. The molecule has 2 amide bonds. The average Bonchev–Trinajstić information content (AvgIpc) is 3.28. The molecule has 170 valence electrons. The van der Waals surface area contributed by atoms with Crippen molar-refractivity contribution in [1.82, 2.24) is 19.6 Å². The number of hydrogen-bond donors (Lipinski definition) is 2. The number of urea groups is 1. The van der Waals surface area contributed by atoms with E-state index in [9.17, 15) is 4.79 Å². The van der Waals surface area contributed by atoms with Gasteiger partial charge >= 0.3 is 6.03 Å². The summed E-state index contributed by atoms with van der Waals surface area (Å²) in [7, 11) is 3.11. The molecule has 0 aliphatic heterocycles. The van der Waals surface area contributed by atoms with Gasteiger partial charge in [0, 0.05) is 27.9 Å². The lowest BCUT2D eigenvalue weighted by Gasteiger charge is -2.15. The predicted octanol–water partition coefficient (Wildman–Crippen LogP) is 4.81. The number of ether oxygens (including phenoxy) is 2. The predicted molar refractivity (Wildman–Crippen MR) is 128 cm³/mol. The third kappa shape index (κ3) is 4.70. The van der Waals surface area contributed by atoms with E-state index in [4.69, 9.17) is 9.47 Å². The van der Waals surface area contributed by atoms with Crippen LogP contribution in [0.5, 0.6) is 11.5 Å². The van der Waals surface area contributed by atoms with Gasteiger partial charge in [-0.2, -0.15) is 14.6 Å². The van der Waals surface area contributed by atoms with Crippen LogP contribution in [0.15, 0.2) is 58.7 Å². The van der Waals surface area contributed by atoms with Crippen LogP contribution in [0.25, 0.3) is 5.78 Å². The number of anilines is 2. The first kappa shape index (κ1) is 22.4. The molecule has 0 fully saturated rings. The highest BCUT2D eigenvalue weighted by Gasteiger charge is 2.17. The van der Waals surface area contributed by atoms with Crippen LogP contribution < -0.4 is 20.1 Å². The Labute approximate surface area is 195 Å². The van der Waals surface area contributed by atoms with Crippen LogP contribution in [0.4, 0.5) is 16.2 Å². The maximum absolute atomic E-state index is 12.7. The minimum Gasteiger partial charge on any atom is -0.493 e. The van der Waals surface area contributed by atoms with Crippen LogP contribution in [-0.2, 0) is 6.42 Å². The summed E-state index contributed by atoms with van der Waals surface area (Å²) >= 11 is 1.51. The number of benzene rings is 2. The average molecular weight is 465 g/mol. The van der Waals surface area contributed by atoms with Crippen molar-refractivity contribution in [2.24, 2.45) is 0 Å². The molecule has 0 aliphatic rings. The van der Waals surface area contributed by atoms with Crippen LogP contribution in [0, 0.1) is 6.92 Å². The molecule has 9 nitrogen and oxygen atoms in total. The van der Waals surface area contributed by atoms with Gasteiger partial charge in [-0.05, 0) is 37.6 Å². The number of carbonyl (C=O) groups is 1. The molecular formula is C23H24N6O3S. The number of carbonyl (C=O) groups excluding carboxylic acids is 1. The number of hydrogen-bond acceptors (Lipinski definition) is 7. The zero-order valence-electron chi connectivity index (χ0n) is 18.7. The van der Waals surface area contributed by atoms with Crippen LogP contribution in [0.1, 0.15) is 18.2 Å². The largest absolute Gasteiger partial charge is 0.493 e. The molecule has 0 radical (unpaired) electrons. The van der Waals surface area contributed by atoms with Gasteiger partial charge in [-0.3, -0.25) is 0 Å². The van der Waals surface area contributed by atoms with Gasteiger partial charge in [0.1, 0.15) is 11.4 Å². The van der Waals surface area contributed by atoms with Gasteiger partial charge < -0.3 is 20.1 Å². The Morgan fingerprint density at radius 1 is 1.09 bits per heavy atom. The lowest BCUT2D eigenvalue weighted by atomic mass is 10.2. The Morgan fingerprint density at radius 3 is 2.64 bits per heavy atom. The first-order valence-corrected chi connectivity index (χ1v) is 11.1. The molecular weight excluding hydrogens is 440 g/mol. The highest BCUT2D eigenvalue weighted by molar-refractivity contribution is 7.99. The number of methoxy groups -OCH3 is 2. The summed E-state index contributed by atoms with van der Waals surface area (Å²) in [6.07, 6.45) is 2.29. The van der Waals surface area contributed by atoms with Gasteiger partial charge in [-0.1, -0.05) is 30.8 Å². The molecule has 0 atom stereocenters. The van der Waals surface area contributed by atoms with Crippen LogP contribution >= 0.6 is 11.8 Å². The van der Waals surface area contributed by atoms with E-state index in [2.05, 4.69) is 32.6 Å². The molecule has 0 saturated carbocycles. The normalized spacial score (nSPS) is 10.8. The first-order chi connectivity index (χ1) is 16.0. The van der Waals surface area contributed by atoms with Gasteiger partial charge in [0.15, 0.2) is 11.5 Å². The van der Waals surface area contributed by atoms with Crippen molar-refractivity contribution < 1.29 is 14.3 Å². The van der Waals surface area contributed by atoms with Crippen LogP contribution in [0.2, 0.25) is 0 Å². The topological polar surface area (TPSA) is 103 Å². The second kappa shape index (κ2) is 9.78. The fraction of sp³-hybridized carbons (Fsp3) is 0.217. The number of nitrogens with zero attached hydrogens (tertiary/aromatic N) is 4. The SMILES string of the molecule is CCc1c(C)nc2ncnn2c1Sc1ccccc1NC(=O)Nc1ccc(OC)c(OC)c1. The molecule has 0 spiro atoms. The lowest BCUT2D eigenvalue weighted by molar-refractivity contribution is 0.262. The van der Waals surface area contributed by atoms with E-state index in [-0.39, 0.29) is 6.03 Å². The fourth-order valence-corrected chi connectivity index (χ4v) is 4.64. The summed E-state index contributed by atoms with van der Waals surface area (Å²) in [6.45, 7) is 4.05. The van der Waals surface area contributed by atoms with E-state index in [0.717, 1.165) is 27.6 Å². The Bertz CT molecular complexity index is 1310. The highest BCUT2D eigenvalue weighted by Crippen LogP contribution is 2.36. The monoisotopic (exact) mass is 464 g/mol. The maximum atomic E-state index is 12.7. The van der Waals surface area contributed by atoms with Crippen molar-refractivity contribution >= 4 is 34.9 Å². The zero-order valence-corrected chi connectivity index (χ0v) is 19.6. The number of fused-ring (bicyclic) bond motifs is 1. The molecule has 33 heavy (non-hydrogen) atoms. The number of amides is 2. The minimum atomic E-state index is -0.372. The molecule has 10 heteroatoms. The van der Waals surface area contributed by atoms with E-state index in [1.54, 1.807) is 36.9 Å². The summed E-state index contributed by atoms with van der Waals surface area (Å²) in [4.78, 5) is 22.4. The number of nitrogens with one attached hydrogen (secondary N) is 2. The molecule has 2 aromatic heterocycles. The van der Waals surface area contributed by atoms with E-state index >= 15 is 0 Å². The van der Waals surface area contributed by atoms with E-state index in [1.165, 1.54) is 18.1 Å². The van der Waals surface area contributed by atoms with Crippen molar-refractivity contribution in [3.05, 3.63) is 60.0 Å². The molecule has 4 aromatic rings. The van der Waals surface area contributed by atoms with Crippen molar-refractivity contribution in [2.45, 2.75) is 30.2 Å². The van der Waals surface area contributed by atoms with Crippen molar-refractivity contribution in [3.8, 4) is 11.5 Å². The number of aryl methyl sites for hydroxylation is 1. The quantitative estimate of drug-likeness (QED) is 0.379. The third-order valence-electron chi connectivity index (χ3n) is 5.02. The van der Waals surface area contributed by atoms with Gasteiger partial charge in [0.05, 0.1) is 19.9 Å². The van der Waals surface area contributed by atoms with Gasteiger partial charge in [-0.15, -0.1) is 0 Å². The third-order valence-corrected chi connectivity index (χ3v) is 6.21. The molecule has 2 aromatic carbocycles. The molecule has 4 rings (SSSR count). The second-order valence-electron chi connectivity index (χ2n) is 7.05. The highest BCUT2D eigenvalue weighted by atomic mass is 32.2. The minimum absolute atomic E-state index is 0.372. The van der Waals surface area contributed by atoms with Crippen LogP contribution in [0.3, 0.4) is 0 Å². The Balaban J connectivity index is 1.59. The van der Waals surface area contributed by atoms with Crippen molar-refractivity contribution in [3.63, 3.8) is 0 Å². The summed E-state index contributed by atoms with van der Waals surface area (Å²) in [6, 6.07) is 12.4. The fourth-order valence-electron chi connectivity index (χ4n) is 3.43. The second-order valence-corrected chi connectivity index (χ2v) is 8.08. The van der Waals surface area contributed by atoms with E-state index in [0.29, 0.717) is 28.7 Å². The van der Waals surface area contributed by atoms with Gasteiger partial charge in [0.2, 0.25) is 0 Å². The Hall–Kier alpha value is -3.79. The smallest absolute Gasteiger partial charge is 0.323 e. The van der Waals surface area contributed by atoms with Gasteiger partial charge in [0.25, 0.3) is 5.78 Å². The summed E-state index contributed by atoms with van der Waals surface area (Å²) in [5, 5.41) is 11.0. The maximum Gasteiger partial charge on any atom is 0.323 e. The number of rotatable bonds is 7. The molecule has 2 heterocycles. The van der Waals surface area contributed by atoms with Gasteiger partial charge in [-0.25, -0.2) is 9.78 Å². The molecule has 0 aliphatic carbocycles. The summed E-state index contributed by atoms with van der Waals surface area (Å²) in [5.74, 6) is 1.66. The molecule has 0 saturated heterocycles. The summed E-state index contributed by atoms with van der Waals surface area (Å²) < 4.78 is 12.3. The van der Waals surface area contributed by atoms with Crippen molar-refractivity contribution in [1.29, 1.82) is 0 Å². The van der Waals surface area contributed by atoms with Crippen LogP contribution in [-0.4, -0.2) is 39.8 Å². The first-order valence-electron chi connectivity index (χ1n) is 10.3. The standard InChI is InChI=1S/C23H24N6O3S/c1-5-16-14(2)26-22-24-13-25-29(22)21(16)33-20-9-7-6-8-17(20)28-23(30)27-15-10-11-18(31-3)19(12-15)32-4/h6-13H,5H2,1-4H3,(H2,27,28,30). The van der Waals surface area contributed by atoms with E-state index < -0.39 is 0 Å². The molecule has 0 bridgehead atoms. The molecule has 0 unspecified atom stereocenters. The lowest BCUT2D eigenvalue weighted by Crippen LogP contribution is -2.19. The Morgan fingerprint density at radius 2 is 1.88 bits per heavy atom. The number of para-hydroxylation sites is 1. The zero-order chi connectivity index (χ0) is 23.4. The Kier molecular flexibility index (Phi) is 6.64.